The smallest absolute Gasteiger partial charge is 0.274 e. The van der Waals surface area contributed by atoms with Gasteiger partial charge < -0.3 is 14.4 Å². The molecule has 0 spiro atoms. The number of carbonyl (C=O) groups is 1. The molecule has 0 unspecified atom stereocenters. The lowest BCUT2D eigenvalue weighted by Crippen LogP contribution is -2.42. The average Bonchev–Trinajstić information content (AvgIpc) is 3.25. The molecule has 2 aromatic heterocycles. The van der Waals surface area contributed by atoms with Crippen LogP contribution in [0.2, 0.25) is 0 Å². The van der Waals surface area contributed by atoms with E-state index in [1.807, 2.05) is 41.3 Å². The predicted molar refractivity (Wildman–Crippen MR) is 127 cm³/mol. The zero-order valence-corrected chi connectivity index (χ0v) is 19.1. The molecule has 0 atom stereocenters. The van der Waals surface area contributed by atoms with E-state index in [1.54, 1.807) is 13.2 Å². The maximum Gasteiger partial charge on any atom is 0.274 e. The zero-order valence-electron chi connectivity index (χ0n) is 18.3. The van der Waals surface area contributed by atoms with Gasteiger partial charge in [0.15, 0.2) is 0 Å². The van der Waals surface area contributed by atoms with Gasteiger partial charge in [-0.15, -0.1) is 0 Å². The number of carbonyl (C=O) groups excluding carboxylic acids is 1. The number of likely N-dealkylation sites (tertiary alicyclic amines) is 1. The van der Waals surface area contributed by atoms with Crippen LogP contribution in [0.5, 0.6) is 10.9 Å². The van der Waals surface area contributed by atoms with Crippen molar-refractivity contribution in [1.29, 1.82) is 0 Å². The number of fused-ring (bicyclic) bond motifs is 2. The lowest BCUT2D eigenvalue weighted by atomic mass is 10.1. The van der Waals surface area contributed by atoms with Gasteiger partial charge in [0.25, 0.3) is 10.8 Å². The summed E-state index contributed by atoms with van der Waals surface area (Å²) in [6, 6.07) is 13.0. The van der Waals surface area contributed by atoms with E-state index in [0.717, 1.165) is 28.8 Å². The summed E-state index contributed by atoms with van der Waals surface area (Å²) in [4.78, 5) is 36.0. The third-order valence-corrected chi connectivity index (χ3v) is 6.85. The van der Waals surface area contributed by atoms with Gasteiger partial charge in [0, 0.05) is 38.9 Å². The number of rotatable bonds is 6. The minimum Gasteiger partial charge on any atom is -0.497 e. The molecular formula is C24H24N4O4S. The van der Waals surface area contributed by atoms with E-state index < -0.39 is 0 Å². The highest BCUT2D eigenvalue weighted by molar-refractivity contribution is 7.20. The molecule has 0 radical (unpaired) electrons. The first-order valence-electron chi connectivity index (χ1n) is 10.9. The summed E-state index contributed by atoms with van der Waals surface area (Å²) in [5.74, 6) is 0.840. The van der Waals surface area contributed by atoms with Crippen molar-refractivity contribution < 1.29 is 14.3 Å². The molecular weight excluding hydrogens is 440 g/mol. The van der Waals surface area contributed by atoms with Gasteiger partial charge in [-0.1, -0.05) is 23.5 Å². The Balaban J connectivity index is 1.15. The Hall–Kier alpha value is -3.46. The monoisotopic (exact) mass is 464 g/mol. The molecule has 4 aromatic rings. The third-order valence-electron chi connectivity index (χ3n) is 5.94. The highest BCUT2D eigenvalue weighted by Gasteiger charge is 2.24. The van der Waals surface area contributed by atoms with Crippen LogP contribution >= 0.6 is 11.3 Å². The number of hydrogen-bond donors (Lipinski definition) is 0. The molecule has 2 aromatic carbocycles. The minimum absolute atomic E-state index is 0.0313. The first-order valence-corrected chi connectivity index (χ1v) is 11.8. The summed E-state index contributed by atoms with van der Waals surface area (Å²) < 4.78 is 13.9. The summed E-state index contributed by atoms with van der Waals surface area (Å²) in [7, 11) is 1.64. The SMILES string of the molecule is COc1ccc2nc(OC3CCN(C(=O)CCn4cnc5ccccc5c4=O)CC3)sc2c1. The fourth-order valence-corrected chi connectivity index (χ4v) is 4.98. The third kappa shape index (κ3) is 4.54. The van der Waals surface area contributed by atoms with Gasteiger partial charge in [0.1, 0.15) is 11.9 Å². The molecule has 170 valence electrons. The molecule has 5 rings (SSSR count). The van der Waals surface area contributed by atoms with Crippen molar-refractivity contribution in [2.24, 2.45) is 0 Å². The van der Waals surface area contributed by atoms with E-state index in [1.165, 1.54) is 22.2 Å². The Bertz CT molecular complexity index is 1360. The van der Waals surface area contributed by atoms with Gasteiger partial charge in [0.05, 0.1) is 34.6 Å². The van der Waals surface area contributed by atoms with Crippen LogP contribution in [-0.4, -0.2) is 51.6 Å². The fourth-order valence-electron chi connectivity index (χ4n) is 4.07. The lowest BCUT2D eigenvalue weighted by molar-refractivity contribution is -0.133. The Morgan fingerprint density at radius 3 is 2.79 bits per heavy atom. The molecule has 1 fully saturated rings. The second-order valence-corrected chi connectivity index (χ2v) is 9.01. The van der Waals surface area contributed by atoms with Crippen LogP contribution in [0.4, 0.5) is 0 Å². The number of nitrogens with zero attached hydrogens (tertiary/aromatic N) is 4. The van der Waals surface area contributed by atoms with E-state index >= 15 is 0 Å². The molecule has 1 aliphatic heterocycles. The van der Waals surface area contributed by atoms with Crippen LogP contribution in [0.15, 0.2) is 53.6 Å². The molecule has 0 N–H and O–H groups in total. The summed E-state index contributed by atoms with van der Waals surface area (Å²) in [6.07, 6.45) is 3.32. The summed E-state index contributed by atoms with van der Waals surface area (Å²) in [5.41, 5.74) is 1.44. The van der Waals surface area contributed by atoms with Gasteiger partial charge in [-0.2, -0.15) is 0 Å². The van der Waals surface area contributed by atoms with Gasteiger partial charge in [-0.3, -0.25) is 14.2 Å². The normalized spacial score (nSPS) is 14.6. The van der Waals surface area contributed by atoms with Crippen molar-refractivity contribution >= 4 is 38.4 Å². The van der Waals surface area contributed by atoms with E-state index in [2.05, 4.69) is 9.97 Å². The summed E-state index contributed by atoms with van der Waals surface area (Å²) in [5, 5.41) is 1.21. The maximum absolute atomic E-state index is 12.7. The van der Waals surface area contributed by atoms with Gasteiger partial charge in [-0.25, -0.2) is 9.97 Å². The van der Waals surface area contributed by atoms with Crippen molar-refractivity contribution in [3.8, 4) is 10.9 Å². The molecule has 8 nitrogen and oxygen atoms in total. The Labute approximate surface area is 194 Å². The highest BCUT2D eigenvalue weighted by atomic mass is 32.1. The molecule has 0 aliphatic carbocycles. The average molecular weight is 465 g/mol. The van der Waals surface area contributed by atoms with Crippen molar-refractivity contribution in [2.75, 3.05) is 20.2 Å². The van der Waals surface area contributed by atoms with E-state index in [4.69, 9.17) is 9.47 Å². The van der Waals surface area contributed by atoms with Crippen LogP contribution in [0.25, 0.3) is 21.1 Å². The predicted octanol–water partition coefficient (Wildman–Crippen LogP) is 3.47. The highest BCUT2D eigenvalue weighted by Crippen LogP contribution is 2.32. The number of amides is 1. The quantitative estimate of drug-likeness (QED) is 0.434. The van der Waals surface area contributed by atoms with Gasteiger partial charge in [0.2, 0.25) is 5.91 Å². The second-order valence-electron chi connectivity index (χ2n) is 8.02. The molecule has 33 heavy (non-hydrogen) atoms. The first kappa shape index (κ1) is 21.4. The van der Waals surface area contributed by atoms with Crippen molar-refractivity contribution in [1.82, 2.24) is 19.4 Å². The molecule has 9 heteroatoms. The van der Waals surface area contributed by atoms with Crippen LogP contribution in [0.1, 0.15) is 19.3 Å². The van der Waals surface area contributed by atoms with Crippen LogP contribution in [0, 0.1) is 0 Å². The number of piperidine rings is 1. The van der Waals surface area contributed by atoms with E-state index in [-0.39, 0.29) is 24.0 Å². The fraction of sp³-hybridized carbons (Fsp3) is 0.333. The summed E-state index contributed by atoms with van der Waals surface area (Å²) >= 11 is 1.50. The number of hydrogen-bond acceptors (Lipinski definition) is 7. The lowest BCUT2D eigenvalue weighted by Gasteiger charge is -2.31. The zero-order chi connectivity index (χ0) is 22.8. The summed E-state index contributed by atoms with van der Waals surface area (Å²) in [6.45, 7) is 1.58. The van der Waals surface area contributed by atoms with E-state index in [0.29, 0.717) is 35.7 Å². The first-order chi connectivity index (χ1) is 16.1. The number of para-hydroxylation sites is 1. The van der Waals surface area contributed by atoms with Crippen molar-refractivity contribution in [2.45, 2.75) is 31.9 Å². The molecule has 1 amide bonds. The Morgan fingerprint density at radius 2 is 1.97 bits per heavy atom. The standard InChI is InChI=1S/C24H24N4O4S/c1-31-17-6-7-20-21(14-17)33-24(26-20)32-16-8-11-27(12-9-16)22(29)10-13-28-15-25-19-5-3-2-4-18(19)23(28)30/h2-7,14-16H,8-13H2,1H3. The number of aryl methyl sites for hydroxylation is 1. The Kier molecular flexibility index (Phi) is 5.95. The largest absolute Gasteiger partial charge is 0.497 e. The number of methoxy groups -OCH3 is 1. The molecule has 3 heterocycles. The second kappa shape index (κ2) is 9.19. The van der Waals surface area contributed by atoms with Crippen LogP contribution < -0.4 is 15.0 Å². The minimum atomic E-state index is -0.117. The molecule has 0 bridgehead atoms. The van der Waals surface area contributed by atoms with Crippen molar-refractivity contribution in [3.05, 3.63) is 59.1 Å². The van der Waals surface area contributed by atoms with Crippen molar-refractivity contribution in [3.63, 3.8) is 0 Å². The topological polar surface area (TPSA) is 86.6 Å². The maximum atomic E-state index is 12.7. The van der Waals surface area contributed by atoms with Crippen LogP contribution in [-0.2, 0) is 11.3 Å². The number of thiazole rings is 1. The number of ether oxygens (including phenoxy) is 2. The van der Waals surface area contributed by atoms with Gasteiger partial charge >= 0.3 is 0 Å². The van der Waals surface area contributed by atoms with Gasteiger partial charge in [-0.05, 0) is 30.3 Å². The molecule has 1 saturated heterocycles. The van der Waals surface area contributed by atoms with Crippen LogP contribution in [0.3, 0.4) is 0 Å². The molecule has 0 saturated carbocycles. The Morgan fingerprint density at radius 1 is 1.15 bits per heavy atom. The number of aromatic nitrogens is 3. The van der Waals surface area contributed by atoms with E-state index in [9.17, 15) is 9.59 Å². The number of benzene rings is 2. The molecule has 1 aliphatic rings.